The molecular weight excluding hydrogens is 486 g/mol. The van der Waals surface area contributed by atoms with E-state index in [1.807, 2.05) is 37.3 Å². The van der Waals surface area contributed by atoms with Gasteiger partial charge in [-0.1, -0.05) is 6.07 Å². The summed E-state index contributed by atoms with van der Waals surface area (Å²) in [7, 11) is 3.20. The van der Waals surface area contributed by atoms with Gasteiger partial charge in [0.15, 0.2) is 17.3 Å². The summed E-state index contributed by atoms with van der Waals surface area (Å²) in [6, 6.07) is 12.8. The van der Waals surface area contributed by atoms with E-state index < -0.39 is 0 Å². The number of rotatable bonds is 13. The Hall–Kier alpha value is -3.72. The molecule has 0 aliphatic carbocycles. The minimum absolute atomic E-state index is 0.0427. The quantitative estimate of drug-likeness (QED) is 0.335. The summed E-state index contributed by atoms with van der Waals surface area (Å²) in [6.07, 6.45) is 4.41. The van der Waals surface area contributed by atoms with Crippen molar-refractivity contribution in [2.75, 3.05) is 53.5 Å². The molecule has 1 fully saturated rings. The van der Waals surface area contributed by atoms with Crippen LogP contribution in [0.1, 0.15) is 40.5 Å². The Labute approximate surface area is 223 Å². The van der Waals surface area contributed by atoms with E-state index in [-0.39, 0.29) is 24.1 Å². The molecule has 2 amide bonds. The molecule has 0 radical (unpaired) electrons. The maximum absolute atomic E-state index is 13.7. The zero-order valence-electron chi connectivity index (χ0n) is 22.5. The highest BCUT2D eigenvalue weighted by molar-refractivity contribution is 5.94. The maximum atomic E-state index is 13.7. The number of carbonyl (C=O) groups is 2. The van der Waals surface area contributed by atoms with Crippen molar-refractivity contribution in [2.24, 2.45) is 0 Å². The fourth-order valence-corrected chi connectivity index (χ4v) is 4.69. The van der Waals surface area contributed by atoms with Crippen molar-refractivity contribution in [2.45, 2.75) is 32.7 Å². The van der Waals surface area contributed by atoms with Gasteiger partial charge >= 0.3 is 0 Å². The number of carbonyl (C=O) groups excluding carboxylic acids is 2. The Kier molecular flexibility index (Phi) is 9.48. The third-order valence-electron chi connectivity index (χ3n) is 6.84. The van der Waals surface area contributed by atoms with Gasteiger partial charge in [-0.3, -0.25) is 9.59 Å². The molecular formula is C29H37N3O6. The predicted molar refractivity (Wildman–Crippen MR) is 142 cm³/mol. The molecule has 0 atom stereocenters. The van der Waals surface area contributed by atoms with Crippen LogP contribution in [0, 0.1) is 6.92 Å². The molecule has 9 heteroatoms. The van der Waals surface area contributed by atoms with E-state index >= 15 is 0 Å². The molecule has 1 aliphatic heterocycles. The molecule has 0 saturated carbocycles. The van der Waals surface area contributed by atoms with Gasteiger partial charge in [-0.25, -0.2) is 0 Å². The van der Waals surface area contributed by atoms with E-state index in [1.165, 1.54) is 6.26 Å². The van der Waals surface area contributed by atoms with Crippen LogP contribution in [-0.4, -0.2) is 80.0 Å². The van der Waals surface area contributed by atoms with E-state index in [0.29, 0.717) is 43.3 Å². The first kappa shape index (κ1) is 27.3. The van der Waals surface area contributed by atoms with Gasteiger partial charge in [0, 0.05) is 19.6 Å². The molecule has 0 N–H and O–H groups in total. The van der Waals surface area contributed by atoms with Crippen LogP contribution < -0.4 is 9.47 Å². The summed E-state index contributed by atoms with van der Waals surface area (Å²) < 4.78 is 21.9. The molecule has 3 heterocycles. The lowest BCUT2D eigenvalue weighted by Gasteiger charge is -2.28. The molecule has 1 aliphatic rings. The van der Waals surface area contributed by atoms with E-state index in [1.54, 1.807) is 36.2 Å². The fraction of sp³-hybridized carbons (Fsp3) is 0.448. The van der Waals surface area contributed by atoms with E-state index in [4.69, 9.17) is 18.3 Å². The minimum atomic E-state index is -0.281. The molecule has 9 nitrogen and oxygen atoms in total. The highest BCUT2D eigenvalue weighted by atomic mass is 16.5. The second-order valence-electron chi connectivity index (χ2n) is 9.52. The lowest BCUT2D eigenvalue weighted by Crippen LogP contribution is -2.45. The third kappa shape index (κ3) is 7.19. The Balaban J connectivity index is 1.49. The maximum Gasteiger partial charge on any atom is 0.290 e. The number of furan rings is 2. The van der Waals surface area contributed by atoms with Crippen molar-refractivity contribution < 1.29 is 27.9 Å². The molecule has 2 aromatic heterocycles. The number of amides is 2. The number of ether oxygens (including phenoxy) is 2. The van der Waals surface area contributed by atoms with Crippen molar-refractivity contribution in [3.05, 3.63) is 71.6 Å². The van der Waals surface area contributed by atoms with Crippen molar-refractivity contribution in [3.8, 4) is 11.5 Å². The largest absolute Gasteiger partial charge is 0.493 e. The third-order valence-corrected chi connectivity index (χ3v) is 6.84. The van der Waals surface area contributed by atoms with Gasteiger partial charge < -0.3 is 33.0 Å². The summed E-state index contributed by atoms with van der Waals surface area (Å²) in [5, 5.41) is 0. The Morgan fingerprint density at radius 2 is 1.76 bits per heavy atom. The van der Waals surface area contributed by atoms with Crippen LogP contribution in [0.15, 0.2) is 57.6 Å². The van der Waals surface area contributed by atoms with Crippen LogP contribution in [0.25, 0.3) is 0 Å². The molecule has 38 heavy (non-hydrogen) atoms. The van der Waals surface area contributed by atoms with Crippen molar-refractivity contribution >= 4 is 11.8 Å². The lowest BCUT2D eigenvalue weighted by molar-refractivity contribution is -0.132. The highest BCUT2D eigenvalue weighted by Gasteiger charge is 2.25. The van der Waals surface area contributed by atoms with Crippen molar-refractivity contribution in [3.63, 3.8) is 0 Å². The van der Waals surface area contributed by atoms with Gasteiger partial charge in [0.2, 0.25) is 5.91 Å². The van der Waals surface area contributed by atoms with Gasteiger partial charge in [0.1, 0.15) is 18.1 Å². The average Bonchev–Trinajstić information content (AvgIpc) is 3.72. The fourth-order valence-electron chi connectivity index (χ4n) is 4.69. The molecule has 1 saturated heterocycles. The van der Waals surface area contributed by atoms with Crippen LogP contribution in [0.3, 0.4) is 0 Å². The number of benzene rings is 1. The Morgan fingerprint density at radius 3 is 2.42 bits per heavy atom. The second-order valence-corrected chi connectivity index (χ2v) is 9.52. The minimum Gasteiger partial charge on any atom is -0.493 e. The SMILES string of the molecule is COc1ccc(CCN(Cc2ccc(C)o2)C(=O)CN(CCN2CCCC2)C(=O)c2ccco2)cc1OC. The smallest absolute Gasteiger partial charge is 0.290 e. The van der Waals surface area contributed by atoms with Crippen LogP contribution in [0.4, 0.5) is 0 Å². The first-order valence-corrected chi connectivity index (χ1v) is 13.1. The monoisotopic (exact) mass is 523 g/mol. The first-order valence-electron chi connectivity index (χ1n) is 13.1. The van der Waals surface area contributed by atoms with Crippen molar-refractivity contribution in [1.29, 1.82) is 0 Å². The van der Waals surface area contributed by atoms with Gasteiger partial charge in [0.25, 0.3) is 5.91 Å². The van der Waals surface area contributed by atoms with Crippen molar-refractivity contribution in [1.82, 2.24) is 14.7 Å². The predicted octanol–water partition coefficient (Wildman–Crippen LogP) is 4.01. The summed E-state index contributed by atoms with van der Waals surface area (Å²) in [4.78, 5) is 32.6. The zero-order valence-corrected chi connectivity index (χ0v) is 22.5. The molecule has 204 valence electrons. The second kappa shape index (κ2) is 13.2. The highest BCUT2D eigenvalue weighted by Crippen LogP contribution is 2.28. The molecule has 4 rings (SSSR count). The van der Waals surface area contributed by atoms with Crippen LogP contribution >= 0.6 is 0 Å². The molecule has 0 spiro atoms. The molecule has 0 bridgehead atoms. The lowest BCUT2D eigenvalue weighted by atomic mass is 10.1. The average molecular weight is 524 g/mol. The molecule has 1 aromatic carbocycles. The van der Waals surface area contributed by atoms with Crippen LogP contribution in [0.5, 0.6) is 11.5 Å². The number of methoxy groups -OCH3 is 2. The van der Waals surface area contributed by atoms with E-state index in [2.05, 4.69) is 4.90 Å². The normalized spacial score (nSPS) is 13.4. The summed E-state index contributed by atoms with van der Waals surface area (Å²) in [5.41, 5.74) is 1.01. The van der Waals surface area contributed by atoms with Gasteiger partial charge in [0.05, 0.1) is 27.0 Å². The van der Waals surface area contributed by atoms with E-state index in [9.17, 15) is 9.59 Å². The summed E-state index contributed by atoms with van der Waals surface area (Å²) in [5.74, 6) is 2.58. The number of aryl methyl sites for hydroxylation is 1. The number of hydrogen-bond donors (Lipinski definition) is 0. The topological polar surface area (TPSA) is 88.6 Å². The number of nitrogens with zero attached hydrogens (tertiary/aromatic N) is 3. The Morgan fingerprint density at radius 1 is 0.974 bits per heavy atom. The summed E-state index contributed by atoms with van der Waals surface area (Å²) >= 11 is 0. The van der Waals surface area contributed by atoms with E-state index in [0.717, 1.165) is 43.8 Å². The van der Waals surface area contributed by atoms with Crippen LogP contribution in [0.2, 0.25) is 0 Å². The first-order chi connectivity index (χ1) is 18.5. The number of likely N-dealkylation sites (tertiary alicyclic amines) is 1. The van der Waals surface area contributed by atoms with Gasteiger partial charge in [-0.05, 0) is 81.2 Å². The Bertz CT molecular complexity index is 1180. The van der Waals surface area contributed by atoms with Gasteiger partial charge in [-0.15, -0.1) is 0 Å². The molecule has 0 unspecified atom stereocenters. The summed E-state index contributed by atoms with van der Waals surface area (Å²) in [6.45, 7) is 5.81. The van der Waals surface area contributed by atoms with Gasteiger partial charge in [-0.2, -0.15) is 0 Å². The molecule has 3 aromatic rings. The number of hydrogen-bond acceptors (Lipinski definition) is 7. The zero-order chi connectivity index (χ0) is 26.9. The standard InChI is InChI=1S/C29H37N3O6/c1-22-8-10-24(38-22)20-31(15-12-23-9-11-25(35-2)27(19-23)36-3)28(33)21-32(17-16-30-13-4-5-14-30)29(34)26-7-6-18-37-26/h6-11,18-19H,4-5,12-17,20-21H2,1-3H3. The van der Waals surface area contributed by atoms with Crippen LogP contribution in [-0.2, 0) is 17.8 Å².